The summed E-state index contributed by atoms with van der Waals surface area (Å²) in [5, 5.41) is 1.45. The summed E-state index contributed by atoms with van der Waals surface area (Å²) in [4.78, 5) is 12.0. The van der Waals surface area contributed by atoms with E-state index in [-0.39, 0.29) is 5.56 Å². The van der Waals surface area contributed by atoms with Gasteiger partial charge in [-0.05, 0) is 12.5 Å². The van der Waals surface area contributed by atoms with Crippen LogP contribution in [0.2, 0.25) is 5.02 Å². The van der Waals surface area contributed by atoms with Crippen LogP contribution >= 0.6 is 11.6 Å². The van der Waals surface area contributed by atoms with Gasteiger partial charge in [-0.15, -0.1) is 6.58 Å². The Morgan fingerprint density at radius 2 is 2.12 bits per heavy atom. The predicted molar refractivity (Wildman–Crippen MR) is 68.1 cm³/mol. The van der Waals surface area contributed by atoms with Crippen molar-refractivity contribution in [2.45, 2.75) is 6.42 Å². The molecule has 0 radical (unpaired) electrons. The number of rotatable bonds is 2. The SMILES string of the molecule is C=CCc1c(Cl)c2ccccc2n(C)c1=O. The third kappa shape index (κ3) is 1.55. The van der Waals surface area contributed by atoms with Gasteiger partial charge in [0.2, 0.25) is 0 Å². The Labute approximate surface area is 98.8 Å². The lowest BCUT2D eigenvalue weighted by molar-refractivity contribution is 0.885. The van der Waals surface area contributed by atoms with E-state index in [0.717, 1.165) is 10.9 Å². The molecule has 2 nitrogen and oxygen atoms in total. The maximum Gasteiger partial charge on any atom is 0.255 e. The van der Waals surface area contributed by atoms with Crippen LogP contribution in [0.25, 0.3) is 10.9 Å². The van der Waals surface area contributed by atoms with Gasteiger partial charge in [0.05, 0.1) is 10.5 Å². The van der Waals surface area contributed by atoms with E-state index in [9.17, 15) is 4.79 Å². The van der Waals surface area contributed by atoms with Crippen molar-refractivity contribution < 1.29 is 0 Å². The summed E-state index contributed by atoms with van der Waals surface area (Å²) in [6.07, 6.45) is 2.19. The van der Waals surface area contributed by atoms with Crippen molar-refractivity contribution in [3.63, 3.8) is 0 Å². The van der Waals surface area contributed by atoms with Crippen LogP contribution in [-0.2, 0) is 13.5 Å². The van der Waals surface area contributed by atoms with E-state index in [1.54, 1.807) is 17.7 Å². The number of para-hydroxylation sites is 1. The fourth-order valence-electron chi connectivity index (χ4n) is 1.84. The zero-order valence-electron chi connectivity index (χ0n) is 9.03. The second kappa shape index (κ2) is 4.14. The molecule has 0 spiro atoms. The number of aromatic nitrogens is 1. The Kier molecular flexibility index (Phi) is 2.84. The van der Waals surface area contributed by atoms with Gasteiger partial charge in [-0.1, -0.05) is 35.9 Å². The van der Waals surface area contributed by atoms with E-state index in [2.05, 4.69) is 6.58 Å². The zero-order valence-corrected chi connectivity index (χ0v) is 9.79. The van der Waals surface area contributed by atoms with Crippen LogP contribution in [0.5, 0.6) is 0 Å². The molecule has 0 saturated carbocycles. The predicted octanol–water partition coefficient (Wildman–Crippen LogP) is 2.92. The molecular formula is C13H12ClNO. The number of hydrogen-bond donors (Lipinski definition) is 0. The van der Waals surface area contributed by atoms with Crippen LogP contribution in [0.1, 0.15) is 5.56 Å². The van der Waals surface area contributed by atoms with E-state index in [1.807, 2.05) is 24.3 Å². The quantitative estimate of drug-likeness (QED) is 0.731. The van der Waals surface area contributed by atoms with Gasteiger partial charge in [0.1, 0.15) is 0 Å². The van der Waals surface area contributed by atoms with Crippen molar-refractivity contribution >= 4 is 22.5 Å². The molecule has 0 unspecified atom stereocenters. The molecule has 0 aliphatic heterocycles. The highest BCUT2D eigenvalue weighted by atomic mass is 35.5. The highest BCUT2D eigenvalue weighted by Crippen LogP contribution is 2.24. The van der Waals surface area contributed by atoms with Gasteiger partial charge in [-0.3, -0.25) is 4.79 Å². The van der Waals surface area contributed by atoms with Crippen molar-refractivity contribution in [2.75, 3.05) is 0 Å². The Morgan fingerprint density at radius 3 is 2.81 bits per heavy atom. The minimum absolute atomic E-state index is 0.0522. The maximum atomic E-state index is 12.0. The van der Waals surface area contributed by atoms with Crippen LogP contribution in [0.15, 0.2) is 41.7 Å². The molecule has 3 heteroatoms. The van der Waals surface area contributed by atoms with Crippen LogP contribution in [-0.4, -0.2) is 4.57 Å². The van der Waals surface area contributed by atoms with Crippen LogP contribution in [0.3, 0.4) is 0 Å². The third-order valence-corrected chi connectivity index (χ3v) is 3.11. The summed E-state index contributed by atoms with van der Waals surface area (Å²) in [6.45, 7) is 3.64. The van der Waals surface area contributed by atoms with Gasteiger partial charge >= 0.3 is 0 Å². The molecule has 1 aromatic carbocycles. The number of hydrogen-bond acceptors (Lipinski definition) is 1. The van der Waals surface area contributed by atoms with Crippen LogP contribution < -0.4 is 5.56 Å². The first-order valence-corrected chi connectivity index (χ1v) is 5.41. The molecule has 1 heterocycles. The largest absolute Gasteiger partial charge is 0.311 e. The molecule has 0 fully saturated rings. The van der Waals surface area contributed by atoms with E-state index >= 15 is 0 Å². The summed E-state index contributed by atoms with van der Waals surface area (Å²) in [7, 11) is 1.76. The van der Waals surface area contributed by atoms with E-state index in [0.29, 0.717) is 17.0 Å². The first-order chi connectivity index (χ1) is 7.66. The Balaban J connectivity index is 2.94. The first kappa shape index (κ1) is 11.0. The van der Waals surface area contributed by atoms with Gasteiger partial charge in [0, 0.05) is 18.0 Å². The molecule has 0 N–H and O–H groups in total. The van der Waals surface area contributed by atoms with Gasteiger partial charge in [0.25, 0.3) is 5.56 Å². The Bertz CT molecular complexity index is 613. The van der Waals surface area contributed by atoms with Crippen LogP contribution in [0, 0.1) is 0 Å². The Morgan fingerprint density at radius 1 is 1.44 bits per heavy atom. The third-order valence-electron chi connectivity index (χ3n) is 2.68. The van der Waals surface area contributed by atoms with Gasteiger partial charge in [-0.2, -0.15) is 0 Å². The molecule has 0 saturated heterocycles. The Hall–Kier alpha value is -1.54. The van der Waals surface area contributed by atoms with E-state index < -0.39 is 0 Å². The molecule has 0 bridgehead atoms. The number of fused-ring (bicyclic) bond motifs is 1. The molecule has 1 aromatic heterocycles. The van der Waals surface area contributed by atoms with Crippen molar-refractivity contribution in [1.29, 1.82) is 0 Å². The minimum atomic E-state index is -0.0522. The number of halogens is 1. The smallest absolute Gasteiger partial charge is 0.255 e. The monoisotopic (exact) mass is 233 g/mol. The summed E-state index contributed by atoms with van der Waals surface area (Å²) >= 11 is 6.24. The van der Waals surface area contributed by atoms with Gasteiger partial charge in [0.15, 0.2) is 0 Å². The average Bonchev–Trinajstić information content (AvgIpc) is 2.32. The molecule has 0 aliphatic rings. The van der Waals surface area contributed by atoms with E-state index in [1.165, 1.54) is 0 Å². The highest BCUT2D eigenvalue weighted by Gasteiger charge is 2.11. The molecule has 0 aliphatic carbocycles. The van der Waals surface area contributed by atoms with Crippen molar-refractivity contribution in [3.05, 3.63) is 57.9 Å². The number of allylic oxidation sites excluding steroid dienone is 1. The summed E-state index contributed by atoms with van der Waals surface area (Å²) in [5.74, 6) is 0. The minimum Gasteiger partial charge on any atom is -0.311 e. The number of pyridine rings is 1. The van der Waals surface area contributed by atoms with Gasteiger partial charge in [-0.25, -0.2) is 0 Å². The molecule has 2 rings (SSSR count). The highest BCUT2D eigenvalue weighted by molar-refractivity contribution is 6.36. The van der Waals surface area contributed by atoms with Crippen molar-refractivity contribution in [2.24, 2.45) is 7.05 Å². The lowest BCUT2D eigenvalue weighted by Gasteiger charge is -2.10. The first-order valence-electron chi connectivity index (χ1n) is 5.03. The molecule has 82 valence electrons. The van der Waals surface area contributed by atoms with E-state index in [4.69, 9.17) is 11.6 Å². The second-order valence-electron chi connectivity index (χ2n) is 3.67. The average molecular weight is 234 g/mol. The van der Waals surface area contributed by atoms with Crippen molar-refractivity contribution in [3.8, 4) is 0 Å². The van der Waals surface area contributed by atoms with Gasteiger partial charge < -0.3 is 4.57 Å². The fraction of sp³-hybridized carbons (Fsp3) is 0.154. The summed E-state index contributed by atoms with van der Waals surface area (Å²) in [5.41, 5.74) is 1.41. The molecule has 16 heavy (non-hydrogen) atoms. The lowest BCUT2D eigenvalue weighted by Crippen LogP contribution is -2.21. The number of aryl methyl sites for hydroxylation is 1. The molecule has 0 atom stereocenters. The number of nitrogens with zero attached hydrogens (tertiary/aromatic N) is 1. The topological polar surface area (TPSA) is 22.0 Å². The molecular weight excluding hydrogens is 222 g/mol. The standard InChI is InChI=1S/C13H12ClNO/c1-3-6-10-12(14)9-7-4-5-8-11(9)15(2)13(10)16/h3-5,7-8H,1,6H2,2H3. The van der Waals surface area contributed by atoms with Crippen LogP contribution in [0.4, 0.5) is 0 Å². The zero-order chi connectivity index (χ0) is 11.7. The normalized spacial score (nSPS) is 10.6. The number of benzene rings is 1. The summed E-state index contributed by atoms with van der Waals surface area (Å²) in [6, 6.07) is 7.62. The second-order valence-corrected chi connectivity index (χ2v) is 4.04. The molecule has 0 amide bonds. The fourth-order valence-corrected chi connectivity index (χ4v) is 2.16. The molecule has 2 aromatic rings. The summed E-state index contributed by atoms with van der Waals surface area (Å²) < 4.78 is 1.63. The lowest BCUT2D eigenvalue weighted by atomic mass is 10.1. The van der Waals surface area contributed by atoms with Crippen molar-refractivity contribution in [1.82, 2.24) is 4.57 Å². The maximum absolute atomic E-state index is 12.0.